The zero-order chi connectivity index (χ0) is 11.3. The molecule has 84 valence electrons. The minimum absolute atomic E-state index is 0.0928. The van der Waals surface area contributed by atoms with Crippen molar-refractivity contribution in [1.82, 2.24) is 0 Å². The third kappa shape index (κ3) is 4.37. The Morgan fingerprint density at radius 2 is 2.47 bits per heavy atom. The molecule has 0 aromatic rings. The van der Waals surface area contributed by atoms with Gasteiger partial charge in [-0.3, -0.25) is 4.99 Å². The fourth-order valence-corrected chi connectivity index (χ4v) is 1.49. The molecule has 2 nitrogen and oxygen atoms in total. The summed E-state index contributed by atoms with van der Waals surface area (Å²) >= 11 is 11.3. The molecule has 0 amide bonds. The second-order valence-corrected chi connectivity index (χ2v) is 4.68. The smallest absolute Gasteiger partial charge is 0.0870 e. The van der Waals surface area contributed by atoms with Gasteiger partial charge in [0.15, 0.2) is 0 Å². The van der Waals surface area contributed by atoms with Gasteiger partial charge in [0.1, 0.15) is 0 Å². The fraction of sp³-hybridized carbons (Fsp3) is 0.545. The third-order valence-electron chi connectivity index (χ3n) is 2.24. The molecular weight excluding hydrogens is 233 g/mol. The van der Waals surface area contributed by atoms with Crippen molar-refractivity contribution in [3.63, 3.8) is 0 Å². The third-order valence-corrected chi connectivity index (χ3v) is 2.88. The number of aliphatic hydroxyl groups excluding tert-OH is 1. The van der Waals surface area contributed by atoms with Crippen LogP contribution < -0.4 is 0 Å². The van der Waals surface area contributed by atoms with Crippen molar-refractivity contribution in [2.45, 2.75) is 19.4 Å². The van der Waals surface area contributed by atoms with Crippen molar-refractivity contribution in [2.24, 2.45) is 10.4 Å². The number of aliphatic imine (C=N–C) groups is 1. The number of allylic oxidation sites excluding steroid dienone is 4. The van der Waals surface area contributed by atoms with Crippen molar-refractivity contribution in [3.8, 4) is 0 Å². The summed E-state index contributed by atoms with van der Waals surface area (Å²) in [6, 6.07) is 0. The predicted molar refractivity (Wildman–Crippen MR) is 65.9 cm³/mol. The largest absolute Gasteiger partial charge is 0.390 e. The fourth-order valence-electron chi connectivity index (χ4n) is 1.25. The van der Waals surface area contributed by atoms with Crippen molar-refractivity contribution >= 4 is 29.4 Å². The van der Waals surface area contributed by atoms with Crippen LogP contribution in [0.5, 0.6) is 0 Å². The van der Waals surface area contributed by atoms with Crippen LogP contribution in [0.3, 0.4) is 0 Å². The van der Waals surface area contributed by atoms with Crippen molar-refractivity contribution < 1.29 is 5.11 Å². The van der Waals surface area contributed by atoms with Gasteiger partial charge in [0.2, 0.25) is 0 Å². The van der Waals surface area contributed by atoms with Gasteiger partial charge in [0.05, 0.1) is 18.5 Å². The molecule has 0 aromatic heterocycles. The lowest BCUT2D eigenvalue weighted by molar-refractivity contribution is 0.207. The van der Waals surface area contributed by atoms with Gasteiger partial charge in [-0.2, -0.15) is 0 Å². The maximum atomic E-state index is 9.22. The predicted octanol–water partition coefficient (Wildman–Crippen LogP) is 2.75. The Morgan fingerprint density at radius 3 is 3.00 bits per heavy atom. The summed E-state index contributed by atoms with van der Waals surface area (Å²) in [5.41, 5.74) is -0.0928. The highest BCUT2D eigenvalue weighted by Gasteiger charge is 2.19. The summed E-state index contributed by atoms with van der Waals surface area (Å²) in [5.74, 6) is 0.218. The van der Waals surface area contributed by atoms with Crippen LogP contribution in [0.25, 0.3) is 0 Å². The van der Waals surface area contributed by atoms with Gasteiger partial charge in [-0.1, -0.05) is 30.7 Å². The molecule has 0 aliphatic heterocycles. The Balaban J connectivity index is 2.48. The molecule has 0 fully saturated rings. The molecule has 2 atom stereocenters. The molecule has 0 radical (unpaired) electrons. The van der Waals surface area contributed by atoms with E-state index in [-0.39, 0.29) is 11.3 Å². The van der Waals surface area contributed by atoms with Crippen LogP contribution in [0.2, 0.25) is 0 Å². The highest BCUT2D eigenvalue weighted by molar-refractivity contribution is 6.31. The lowest BCUT2D eigenvalue weighted by Gasteiger charge is -2.22. The van der Waals surface area contributed by atoms with E-state index >= 15 is 0 Å². The van der Waals surface area contributed by atoms with Gasteiger partial charge in [-0.25, -0.2) is 0 Å². The van der Waals surface area contributed by atoms with Gasteiger partial charge < -0.3 is 5.11 Å². The Labute approximate surface area is 100 Å². The van der Waals surface area contributed by atoms with Crippen LogP contribution in [0, 0.1) is 5.41 Å². The van der Waals surface area contributed by atoms with E-state index in [0.29, 0.717) is 6.54 Å². The second kappa shape index (κ2) is 5.69. The second-order valence-electron chi connectivity index (χ2n) is 3.93. The van der Waals surface area contributed by atoms with Crippen molar-refractivity contribution in [3.05, 3.63) is 23.3 Å². The summed E-state index contributed by atoms with van der Waals surface area (Å²) in [5, 5.41) is 9.98. The molecule has 0 aromatic carbocycles. The van der Waals surface area contributed by atoms with Crippen LogP contribution in [-0.2, 0) is 0 Å². The first-order valence-corrected chi connectivity index (χ1v) is 5.77. The number of aliphatic hydroxyl groups is 1. The van der Waals surface area contributed by atoms with Crippen LogP contribution >= 0.6 is 23.2 Å². The number of hydrogen-bond acceptors (Lipinski definition) is 2. The van der Waals surface area contributed by atoms with Crippen molar-refractivity contribution in [1.29, 1.82) is 0 Å². The van der Waals surface area contributed by atoms with Crippen LogP contribution in [0.4, 0.5) is 0 Å². The molecule has 4 heteroatoms. The van der Waals surface area contributed by atoms with E-state index in [1.165, 1.54) is 0 Å². The average Bonchev–Trinajstić information content (AvgIpc) is 2.23. The summed E-state index contributed by atoms with van der Waals surface area (Å²) in [4.78, 5) is 4.18. The quantitative estimate of drug-likeness (QED) is 0.602. The molecule has 15 heavy (non-hydrogen) atoms. The molecule has 0 heterocycles. The van der Waals surface area contributed by atoms with E-state index < -0.39 is 6.10 Å². The first-order chi connectivity index (χ1) is 7.06. The van der Waals surface area contributed by atoms with Crippen LogP contribution in [0.15, 0.2) is 28.3 Å². The summed E-state index contributed by atoms with van der Waals surface area (Å²) in [7, 11) is 0. The minimum atomic E-state index is -0.557. The Bertz CT molecular complexity index is 299. The Morgan fingerprint density at radius 1 is 1.73 bits per heavy atom. The molecule has 2 unspecified atom stereocenters. The van der Waals surface area contributed by atoms with Gasteiger partial charge >= 0.3 is 0 Å². The maximum absolute atomic E-state index is 9.22. The van der Waals surface area contributed by atoms with E-state index in [0.717, 1.165) is 11.5 Å². The van der Waals surface area contributed by atoms with Crippen LogP contribution in [0.1, 0.15) is 13.3 Å². The molecule has 1 aliphatic carbocycles. The molecular formula is C11H15Cl2NO. The SMILES string of the molecule is CC1(C=NCC(O)CCl)C=CC(Cl)=CC1. The topological polar surface area (TPSA) is 32.6 Å². The van der Waals surface area contributed by atoms with Crippen LogP contribution in [-0.4, -0.2) is 29.8 Å². The Hall–Kier alpha value is -0.310. The zero-order valence-corrected chi connectivity index (χ0v) is 10.2. The number of hydrogen-bond donors (Lipinski definition) is 1. The molecule has 0 saturated carbocycles. The normalized spacial score (nSPS) is 28.1. The van der Waals surface area contributed by atoms with Crippen molar-refractivity contribution in [2.75, 3.05) is 12.4 Å². The first-order valence-electron chi connectivity index (χ1n) is 4.86. The summed E-state index contributed by atoms with van der Waals surface area (Å²) < 4.78 is 0. The molecule has 0 bridgehead atoms. The van der Waals surface area contributed by atoms with Gasteiger partial charge in [0.25, 0.3) is 0 Å². The van der Waals surface area contributed by atoms with E-state index in [9.17, 15) is 5.11 Å². The highest BCUT2D eigenvalue weighted by Crippen LogP contribution is 2.28. The average molecular weight is 248 g/mol. The Kier molecular flexibility index (Phi) is 4.84. The summed E-state index contributed by atoms with van der Waals surface area (Å²) in [6.07, 6.45) is 7.98. The standard InChI is InChI=1S/C11H15Cl2NO/c1-11(4-2-9(13)3-5-11)8-14-7-10(15)6-12/h2-4,8,10,15H,5-7H2,1H3. The summed E-state index contributed by atoms with van der Waals surface area (Å²) in [6.45, 7) is 2.42. The lowest BCUT2D eigenvalue weighted by Crippen LogP contribution is -2.18. The van der Waals surface area contributed by atoms with Gasteiger partial charge in [-0.15, -0.1) is 11.6 Å². The maximum Gasteiger partial charge on any atom is 0.0870 e. The van der Waals surface area contributed by atoms with E-state index in [1.807, 2.05) is 24.4 Å². The number of halogens is 2. The molecule has 1 N–H and O–H groups in total. The van der Waals surface area contributed by atoms with E-state index in [4.69, 9.17) is 23.2 Å². The van der Waals surface area contributed by atoms with E-state index in [2.05, 4.69) is 11.9 Å². The van der Waals surface area contributed by atoms with E-state index in [1.54, 1.807) is 0 Å². The molecule has 0 saturated heterocycles. The molecule has 0 spiro atoms. The van der Waals surface area contributed by atoms with Gasteiger partial charge in [-0.05, 0) is 12.5 Å². The highest BCUT2D eigenvalue weighted by atomic mass is 35.5. The minimum Gasteiger partial charge on any atom is -0.390 e. The number of alkyl halides is 1. The zero-order valence-electron chi connectivity index (χ0n) is 8.66. The van der Waals surface area contributed by atoms with Gasteiger partial charge in [0, 0.05) is 16.7 Å². The molecule has 1 rings (SSSR count). The number of rotatable bonds is 4. The lowest BCUT2D eigenvalue weighted by atomic mass is 9.85. The first kappa shape index (κ1) is 12.8. The monoisotopic (exact) mass is 247 g/mol. The molecule has 1 aliphatic rings. The number of nitrogens with zero attached hydrogens (tertiary/aromatic N) is 1.